The van der Waals surface area contributed by atoms with Crippen molar-refractivity contribution < 1.29 is 4.74 Å². The number of anilines is 1. The van der Waals surface area contributed by atoms with E-state index in [1.54, 1.807) is 0 Å². The smallest absolute Gasteiger partial charge is 0.127 e. The molecule has 150 valence electrons. The lowest BCUT2D eigenvalue weighted by atomic mass is 10.1. The van der Waals surface area contributed by atoms with Crippen molar-refractivity contribution in [2.75, 3.05) is 18.0 Å². The van der Waals surface area contributed by atoms with E-state index in [4.69, 9.17) is 4.74 Å². The van der Waals surface area contributed by atoms with Gasteiger partial charge in [0, 0.05) is 29.4 Å². The molecule has 29 heavy (non-hydrogen) atoms. The van der Waals surface area contributed by atoms with Crippen LogP contribution in [-0.2, 0) is 6.61 Å². The summed E-state index contributed by atoms with van der Waals surface area (Å²) in [7, 11) is 0.592. The van der Waals surface area contributed by atoms with E-state index in [1.807, 2.05) is 6.07 Å². The van der Waals surface area contributed by atoms with Crippen LogP contribution in [0.15, 0.2) is 66.7 Å². The molecule has 3 aromatic carbocycles. The molecule has 3 heteroatoms. The Morgan fingerprint density at radius 1 is 0.793 bits per heavy atom. The molecule has 3 aromatic rings. The lowest BCUT2D eigenvalue weighted by molar-refractivity contribution is 0.309. The maximum absolute atomic E-state index is 6.25. The van der Waals surface area contributed by atoms with Gasteiger partial charge in [0.05, 0.1) is 0 Å². The van der Waals surface area contributed by atoms with Gasteiger partial charge in [0.2, 0.25) is 0 Å². The van der Waals surface area contributed by atoms with Gasteiger partial charge in [0.1, 0.15) is 12.4 Å². The Bertz CT molecular complexity index is 948. The highest BCUT2D eigenvalue weighted by Gasteiger charge is 2.16. The van der Waals surface area contributed by atoms with Gasteiger partial charge in [-0.3, -0.25) is 0 Å². The summed E-state index contributed by atoms with van der Waals surface area (Å²) in [6, 6.07) is 23.9. The fourth-order valence-electron chi connectivity index (χ4n) is 3.89. The van der Waals surface area contributed by atoms with Gasteiger partial charge in [-0.1, -0.05) is 62.7 Å². The zero-order valence-corrected chi connectivity index (χ0v) is 18.4. The average Bonchev–Trinajstić information content (AvgIpc) is 2.76. The topological polar surface area (TPSA) is 12.5 Å². The molecule has 0 saturated carbocycles. The van der Waals surface area contributed by atoms with Gasteiger partial charge in [-0.05, 0) is 62.4 Å². The van der Waals surface area contributed by atoms with Crippen LogP contribution in [-0.4, -0.2) is 13.1 Å². The van der Waals surface area contributed by atoms with Crippen LogP contribution in [0.4, 0.5) is 5.69 Å². The van der Waals surface area contributed by atoms with E-state index in [-0.39, 0.29) is 0 Å². The van der Waals surface area contributed by atoms with Crippen LogP contribution in [0.2, 0.25) is 0 Å². The van der Waals surface area contributed by atoms with Crippen LogP contribution >= 0.6 is 8.58 Å². The van der Waals surface area contributed by atoms with Crippen LogP contribution in [0.1, 0.15) is 36.0 Å². The molecule has 0 aromatic heterocycles. The minimum atomic E-state index is 0.592. The van der Waals surface area contributed by atoms with Crippen LogP contribution in [0.5, 0.6) is 5.75 Å². The normalized spacial score (nSPS) is 14.5. The van der Waals surface area contributed by atoms with Gasteiger partial charge in [-0.15, -0.1) is 0 Å². The maximum Gasteiger partial charge on any atom is 0.127 e. The van der Waals surface area contributed by atoms with E-state index < -0.39 is 0 Å². The molecule has 0 aliphatic carbocycles. The van der Waals surface area contributed by atoms with Gasteiger partial charge in [-0.25, -0.2) is 0 Å². The summed E-state index contributed by atoms with van der Waals surface area (Å²) in [4.78, 5) is 2.58. The summed E-state index contributed by atoms with van der Waals surface area (Å²) in [5.41, 5.74) is 5.24. The first-order valence-corrected chi connectivity index (χ1v) is 11.6. The molecule has 4 rings (SSSR count). The van der Waals surface area contributed by atoms with E-state index in [0.29, 0.717) is 15.2 Å². The van der Waals surface area contributed by atoms with Crippen molar-refractivity contribution in [1.29, 1.82) is 0 Å². The number of aryl methyl sites for hydroxylation is 2. The molecule has 0 spiro atoms. The molecule has 0 N–H and O–H groups in total. The molecular formula is C26H30NOP. The predicted octanol–water partition coefficient (Wildman–Crippen LogP) is 5.50. The molecule has 1 aliphatic heterocycles. The lowest BCUT2D eigenvalue weighted by Crippen LogP contribution is -2.32. The summed E-state index contributed by atoms with van der Waals surface area (Å²) >= 11 is 0. The first kappa shape index (κ1) is 20.0. The molecule has 0 radical (unpaired) electrons. The molecule has 2 nitrogen and oxygen atoms in total. The molecule has 1 heterocycles. The average molecular weight is 404 g/mol. The van der Waals surface area contributed by atoms with Crippen molar-refractivity contribution in [2.24, 2.45) is 0 Å². The van der Waals surface area contributed by atoms with Crippen molar-refractivity contribution in [2.45, 2.75) is 39.7 Å². The third kappa shape index (κ3) is 5.19. The molecule has 0 amide bonds. The van der Waals surface area contributed by atoms with Crippen LogP contribution < -0.4 is 20.2 Å². The maximum atomic E-state index is 6.25. The second-order valence-electron chi connectivity index (χ2n) is 7.97. The van der Waals surface area contributed by atoms with Crippen molar-refractivity contribution in [3.8, 4) is 5.75 Å². The van der Waals surface area contributed by atoms with Crippen molar-refractivity contribution in [3.05, 3.63) is 83.4 Å². The highest BCUT2D eigenvalue weighted by molar-refractivity contribution is 7.56. The number of nitrogens with zero attached hydrogens (tertiary/aromatic N) is 1. The summed E-state index contributed by atoms with van der Waals surface area (Å²) in [6.45, 7) is 7.31. The molecule has 0 bridgehead atoms. The molecule has 1 unspecified atom stereocenters. The second kappa shape index (κ2) is 9.46. The quantitative estimate of drug-likeness (QED) is 0.504. The Kier molecular flexibility index (Phi) is 6.52. The van der Waals surface area contributed by atoms with Gasteiger partial charge in [0.15, 0.2) is 0 Å². The Morgan fingerprint density at radius 3 is 2.31 bits per heavy atom. The number of rotatable bonds is 6. The van der Waals surface area contributed by atoms with Crippen LogP contribution in [0.25, 0.3) is 0 Å². The highest BCUT2D eigenvalue weighted by atomic mass is 31.1. The van der Waals surface area contributed by atoms with E-state index in [2.05, 4.69) is 79.4 Å². The molecular weight excluding hydrogens is 373 g/mol. The van der Waals surface area contributed by atoms with Crippen molar-refractivity contribution in [1.82, 2.24) is 0 Å². The Labute approximate surface area is 176 Å². The summed E-state index contributed by atoms with van der Waals surface area (Å²) in [5.74, 6) is 1.00. The van der Waals surface area contributed by atoms with Crippen LogP contribution in [0, 0.1) is 13.8 Å². The first-order chi connectivity index (χ1) is 14.2. The minimum Gasteiger partial charge on any atom is -0.488 e. The van der Waals surface area contributed by atoms with Crippen molar-refractivity contribution in [3.63, 3.8) is 0 Å². The zero-order valence-electron chi connectivity index (χ0n) is 17.4. The summed E-state index contributed by atoms with van der Waals surface area (Å²) in [6.07, 6.45) is 3.95. The van der Waals surface area contributed by atoms with Gasteiger partial charge < -0.3 is 9.64 Å². The number of hydrogen-bond donors (Lipinski definition) is 0. The molecule has 1 aliphatic rings. The monoisotopic (exact) mass is 403 g/mol. The summed E-state index contributed by atoms with van der Waals surface area (Å²) < 4.78 is 6.25. The van der Waals surface area contributed by atoms with E-state index >= 15 is 0 Å². The van der Waals surface area contributed by atoms with E-state index in [0.717, 1.165) is 5.75 Å². The molecule has 1 fully saturated rings. The number of piperidine rings is 1. The SMILES string of the molecule is Cc1ccc(OCc2ccccc2)c(Pc2ccc(C)cc2N2CCCCC2)c1. The fraction of sp³-hybridized carbons (Fsp3) is 0.308. The van der Waals surface area contributed by atoms with E-state index in [9.17, 15) is 0 Å². The third-order valence-corrected chi connectivity index (χ3v) is 6.84. The molecule has 1 saturated heterocycles. The first-order valence-electron chi connectivity index (χ1n) is 10.6. The van der Waals surface area contributed by atoms with Gasteiger partial charge in [-0.2, -0.15) is 0 Å². The lowest BCUT2D eigenvalue weighted by Gasteiger charge is -2.31. The Morgan fingerprint density at radius 2 is 1.52 bits per heavy atom. The number of benzene rings is 3. The predicted molar refractivity (Wildman–Crippen MR) is 127 cm³/mol. The van der Waals surface area contributed by atoms with Gasteiger partial charge >= 0.3 is 0 Å². The standard InChI is InChI=1S/C26H30NOP/c1-20-12-14-25(23(17-20)27-15-7-4-8-16-27)29-26-18-21(2)11-13-24(26)28-19-22-9-5-3-6-10-22/h3,5-6,9-14,17-18,29H,4,7-8,15-16,19H2,1-2H3. The summed E-state index contributed by atoms with van der Waals surface area (Å²) in [5, 5.41) is 2.72. The number of hydrogen-bond acceptors (Lipinski definition) is 2. The zero-order chi connectivity index (χ0) is 20.1. The van der Waals surface area contributed by atoms with E-state index in [1.165, 1.54) is 65.3 Å². The van der Waals surface area contributed by atoms with Crippen LogP contribution in [0.3, 0.4) is 0 Å². The minimum absolute atomic E-state index is 0.592. The Balaban J connectivity index is 1.60. The van der Waals surface area contributed by atoms with Crippen molar-refractivity contribution >= 4 is 24.9 Å². The highest BCUT2D eigenvalue weighted by Crippen LogP contribution is 2.28. The fourth-order valence-corrected chi connectivity index (χ4v) is 5.29. The number of ether oxygens (including phenoxy) is 1. The third-order valence-electron chi connectivity index (χ3n) is 5.49. The van der Waals surface area contributed by atoms with Gasteiger partial charge in [0.25, 0.3) is 0 Å². The largest absolute Gasteiger partial charge is 0.488 e. The second-order valence-corrected chi connectivity index (χ2v) is 9.29. The Hall–Kier alpha value is -2.31. The molecule has 1 atom stereocenters.